The highest BCUT2D eigenvalue weighted by molar-refractivity contribution is 5.14. The summed E-state index contributed by atoms with van der Waals surface area (Å²) in [7, 11) is 1.68. The number of nitrogens with one attached hydrogen (secondary N) is 1. The van der Waals surface area contributed by atoms with Crippen LogP contribution in [0.2, 0.25) is 0 Å². The molecule has 2 N–H and O–H groups in total. The minimum absolute atomic E-state index is 0.145. The molecule has 1 rings (SSSR count). The van der Waals surface area contributed by atoms with Crippen LogP contribution in [0.3, 0.4) is 0 Å². The summed E-state index contributed by atoms with van der Waals surface area (Å²) < 4.78 is 5.22. The number of methoxy groups -OCH3 is 1. The van der Waals surface area contributed by atoms with E-state index in [1.54, 1.807) is 7.11 Å². The molecular weight excluding hydrogens is 240 g/mol. The number of aromatic nitrogens is 1. The lowest BCUT2D eigenvalue weighted by atomic mass is 9.99. The Hall–Kier alpha value is -0.970. The molecule has 0 aliphatic rings. The number of pyridine rings is 1. The van der Waals surface area contributed by atoms with Crippen molar-refractivity contribution in [3.63, 3.8) is 0 Å². The van der Waals surface area contributed by atoms with Crippen molar-refractivity contribution in [1.29, 1.82) is 0 Å². The molecule has 0 saturated heterocycles. The molecule has 0 amide bonds. The summed E-state index contributed by atoms with van der Waals surface area (Å²) in [5.74, 6) is 0.433. The van der Waals surface area contributed by atoms with Gasteiger partial charge in [0.2, 0.25) is 0 Å². The summed E-state index contributed by atoms with van der Waals surface area (Å²) in [6.07, 6.45) is 0.657. The fourth-order valence-corrected chi connectivity index (χ4v) is 2.00. The topological polar surface area (TPSA) is 54.4 Å². The standard InChI is InChI=1S/C15H26N2O2/c1-12(2)14-7-5-6-13(17-14)10-16-15(3,8-9-18)11-19-4/h5-7,12,16,18H,8-11H2,1-4H3. The largest absolute Gasteiger partial charge is 0.396 e. The molecule has 1 atom stereocenters. The number of aliphatic hydroxyl groups is 1. The fourth-order valence-electron chi connectivity index (χ4n) is 2.00. The maximum absolute atomic E-state index is 9.13. The Balaban J connectivity index is 2.66. The summed E-state index contributed by atoms with van der Waals surface area (Å²) in [5.41, 5.74) is 1.90. The van der Waals surface area contributed by atoms with Gasteiger partial charge in [0.25, 0.3) is 0 Å². The Bertz CT molecular complexity index is 374. The molecule has 0 bridgehead atoms. The van der Waals surface area contributed by atoms with Gasteiger partial charge in [-0.15, -0.1) is 0 Å². The van der Waals surface area contributed by atoms with Crippen LogP contribution in [0, 0.1) is 0 Å². The Morgan fingerprint density at radius 1 is 1.42 bits per heavy atom. The zero-order valence-corrected chi connectivity index (χ0v) is 12.4. The summed E-state index contributed by atoms with van der Waals surface area (Å²) in [6, 6.07) is 6.11. The highest BCUT2D eigenvalue weighted by atomic mass is 16.5. The minimum Gasteiger partial charge on any atom is -0.396 e. The first kappa shape index (κ1) is 16.1. The lowest BCUT2D eigenvalue weighted by Crippen LogP contribution is -2.46. The minimum atomic E-state index is -0.223. The van der Waals surface area contributed by atoms with Crippen LogP contribution in [0.5, 0.6) is 0 Å². The van der Waals surface area contributed by atoms with E-state index in [-0.39, 0.29) is 12.1 Å². The molecule has 1 unspecified atom stereocenters. The van der Waals surface area contributed by atoms with Gasteiger partial charge in [-0.2, -0.15) is 0 Å². The first-order chi connectivity index (χ1) is 9.00. The van der Waals surface area contributed by atoms with Crippen LogP contribution in [0.25, 0.3) is 0 Å². The average molecular weight is 266 g/mol. The Morgan fingerprint density at radius 2 is 2.16 bits per heavy atom. The Kier molecular flexibility index (Phi) is 6.42. The van der Waals surface area contributed by atoms with Crippen molar-refractivity contribution in [2.75, 3.05) is 20.3 Å². The number of rotatable bonds is 8. The lowest BCUT2D eigenvalue weighted by molar-refractivity contribution is 0.0967. The lowest BCUT2D eigenvalue weighted by Gasteiger charge is -2.29. The molecule has 1 aromatic rings. The molecular formula is C15H26N2O2. The smallest absolute Gasteiger partial charge is 0.0642 e. The molecule has 0 radical (unpaired) electrons. The highest BCUT2D eigenvalue weighted by Crippen LogP contribution is 2.14. The van der Waals surface area contributed by atoms with Gasteiger partial charge >= 0.3 is 0 Å². The highest BCUT2D eigenvalue weighted by Gasteiger charge is 2.23. The van der Waals surface area contributed by atoms with E-state index in [2.05, 4.69) is 37.1 Å². The predicted molar refractivity (Wildman–Crippen MR) is 77.1 cm³/mol. The van der Waals surface area contributed by atoms with Gasteiger partial charge in [0.05, 0.1) is 12.3 Å². The van der Waals surface area contributed by atoms with Crippen LogP contribution < -0.4 is 5.32 Å². The summed E-state index contributed by atoms with van der Waals surface area (Å²) in [6.45, 7) is 7.73. The molecule has 0 aliphatic carbocycles. The maximum Gasteiger partial charge on any atom is 0.0642 e. The molecule has 0 saturated carbocycles. The van der Waals surface area contributed by atoms with Crippen molar-refractivity contribution in [1.82, 2.24) is 10.3 Å². The van der Waals surface area contributed by atoms with Crippen LogP contribution in [0.4, 0.5) is 0 Å². The van der Waals surface area contributed by atoms with Gasteiger partial charge < -0.3 is 15.2 Å². The number of hydrogen-bond donors (Lipinski definition) is 2. The normalized spacial score (nSPS) is 14.6. The number of nitrogens with zero attached hydrogens (tertiary/aromatic N) is 1. The molecule has 0 spiro atoms. The Labute approximate surface area is 116 Å². The van der Waals surface area contributed by atoms with E-state index in [0.717, 1.165) is 11.4 Å². The van der Waals surface area contributed by atoms with Crippen molar-refractivity contribution in [2.24, 2.45) is 0 Å². The summed E-state index contributed by atoms with van der Waals surface area (Å²) in [4.78, 5) is 4.63. The molecule has 4 heteroatoms. The van der Waals surface area contributed by atoms with E-state index >= 15 is 0 Å². The molecule has 0 fully saturated rings. The second-order valence-electron chi connectivity index (χ2n) is 5.53. The third-order valence-electron chi connectivity index (χ3n) is 3.24. The van der Waals surface area contributed by atoms with Crippen LogP contribution >= 0.6 is 0 Å². The molecule has 1 heterocycles. The van der Waals surface area contributed by atoms with Crippen LogP contribution in [0.15, 0.2) is 18.2 Å². The van der Waals surface area contributed by atoms with Gasteiger partial charge in [-0.05, 0) is 31.4 Å². The number of hydrogen-bond acceptors (Lipinski definition) is 4. The molecule has 4 nitrogen and oxygen atoms in total. The molecule has 0 aliphatic heterocycles. The van der Waals surface area contributed by atoms with Crippen molar-refractivity contribution in [2.45, 2.75) is 45.2 Å². The van der Waals surface area contributed by atoms with Crippen LogP contribution in [0.1, 0.15) is 44.5 Å². The SMILES string of the molecule is COCC(C)(CCO)NCc1cccc(C(C)C)n1. The quantitative estimate of drug-likeness (QED) is 0.756. The third-order valence-corrected chi connectivity index (χ3v) is 3.24. The van der Waals surface area contributed by atoms with E-state index < -0.39 is 0 Å². The van der Waals surface area contributed by atoms with Gasteiger partial charge in [0.15, 0.2) is 0 Å². The summed E-state index contributed by atoms with van der Waals surface area (Å²) >= 11 is 0. The third kappa shape index (κ3) is 5.27. The zero-order chi connectivity index (χ0) is 14.3. The van der Waals surface area contributed by atoms with Crippen LogP contribution in [-0.4, -0.2) is 36.0 Å². The van der Waals surface area contributed by atoms with Gasteiger partial charge in [-0.1, -0.05) is 19.9 Å². The van der Waals surface area contributed by atoms with Crippen molar-refractivity contribution < 1.29 is 9.84 Å². The van der Waals surface area contributed by atoms with Crippen LogP contribution in [-0.2, 0) is 11.3 Å². The second-order valence-corrected chi connectivity index (χ2v) is 5.53. The van der Waals surface area contributed by atoms with E-state index in [1.807, 2.05) is 12.1 Å². The molecule has 0 aromatic carbocycles. The molecule has 19 heavy (non-hydrogen) atoms. The molecule has 1 aromatic heterocycles. The van der Waals surface area contributed by atoms with Gasteiger partial charge in [-0.3, -0.25) is 4.98 Å². The number of aliphatic hydroxyl groups excluding tert-OH is 1. The first-order valence-electron chi connectivity index (χ1n) is 6.81. The van der Waals surface area contributed by atoms with Gasteiger partial charge in [0.1, 0.15) is 0 Å². The van der Waals surface area contributed by atoms with Gasteiger partial charge in [0, 0.05) is 31.5 Å². The zero-order valence-electron chi connectivity index (χ0n) is 12.4. The van der Waals surface area contributed by atoms with Crippen molar-refractivity contribution >= 4 is 0 Å². The monoisotopic (exact) mass is 266 g/mol. The predicted octanol–water partition coefficient (Wildman–Crippen LogP) is 2.08. The molecule has 108 valence electrons. The van der Waals surface area contributed by atoms with E-state index in [0.29, 0.717) is 25.5 Å². The van der Waals surface area contributed by atoms with Crippen molar-refractivity contribution in [3.8, 4) is 0 Å². The fraction of sp³-hybridized carbons (Fsp3) is 0.667. The maximum atomic E-state index is 9.13. The van der Waals surface area contributed by atoms with Gasteiger partial charge in [-0.25, -0.2) is 0 Å². The van der Waals surface area contributed by atoms with Crippen molar-refractivity contribution in [3.05, 3.63) is 29.6 Å². The summed E-state index contributed by atoms with van der Waals surface area (Å²) in [5, 5.41) is 12.6. The number of ether oxygens (including phenoxy) is 1. The van der Waals surface area contributed by atoms with E-state index in [9.17, 15) is 0 Å². The van der Waals surface area contributed by atoms with E-state index in [4.69, 9.17) is 9.84 Å². The van der Waals surface area contributed by atoms with E-state index in [1.165, 1.54) is 0 Å². The second kappa shape index (κ2) is 7.58. The Morgan fingerprint density at radius 3 is 2.74 bits per heavy atom. The average Bonchev–Trinajstić information content (AvgIpc) is 2.37. The first-order valence-corrected chi connectivity index (χ1v) is 6.81.